The summed E-state index contributed by atoms with van der Waals surface area (Å²) in [5.74, 6) is 0. The van der Waals surface area contributed by atoms with E-state index in [9.17, 15) is 0 Å². The minimum absolute atomic E-state index is 0.207. The number of hydrogen-bond donors (Lipinski definition) is 2. The fourth-order valence-electron chi connectivity index (χ4n) is 1.17. The van der Waals surface area contributed by atoms with E-state index < -0.39 is 0 Å². The van der Waals surface area contributed by atoms with E-state index in [1.54, 1.807) is 0 Å². The molecule has 1 rings (SSSR count). The molecular weight excluding hydrogens is 128 g/mol. The predicted molar refractivity (Wildman–Crippen MR) is 40.6 cm³/mol. The Morgan fingerprint density at radius 2 is 2.20 bits per heavy atom. The van der Waals surface area contributed by atoms with Gasteiger partial charge in [0.2, 0.25) is 0 Å². The number of epoxide rings is 1. The largest absolute Gasteiger partial charge is 0.368 e. The van der Waals surface area contributed by atoms with Crippen LogP contribution in [0.5, 0.6) is 0 Å². The molecule has 0 radical (unpaired) electrons. The van der Waals surface area contributed by atoms with Crippen molar-refractivity contribution >= 4 is 0 Å². The number of ether oxygens (including phenoxy) is 1. The quantitative estimate of drug-likeness (QED) is 0.539. The maximum Gasteiger partial charge on any atom is 0.0989 e. The molecule has 1 heterocycles. The highest BCUT2D eigenvalue weighted by atomic mass is 16.6. The molecule has 0 aromatic heterocycles. The lowest BCUT2D eigenvalue weighted by Gasteiger charge is -2.05. The van der Waals surface area contributed by atoms with Crippen molar-refractivity contribution in [3.63, 3.8) is 0 Å². The molecule has 2 unspecified atom stereocenters. The third-order valence-corrected chi connectivity index (χ3v) is 1.92. The predicted octanol–water partition coefficient (Wildman–Crippen LogP) is -0.160. The van der Waals surface area contributed by atoms with Gasteiger partial charge in [-0.3, -0.25) is 0 Å². The van der Waals surface area contributed by atoms with Crippen LogP contribution in [0.4, 0.5) is 0 Å². The molecule has 3 heteroatoms. The molecule has 0 spiro atoms. The molecule has 0 aromatic rings. The Morgan fingerprint density at radius 3 is 2.60 bits per heavy atom. The second-order valence-electron chi connectivity index (χ2n) is 2.90. The van der Waals surface area contributed by atoms with E-state index >= 15 is 0 Å². The third-order valence-electron chi connectivity index (χ3n) is 1.92. The van der Waals surface area contributed by atoms with E-state index in [0.717, 1.165) is 19.4 Å². The SMILES string of the molecule is CC1OC1[C@@H](N)CCCN. The Balaban J connectivity index is 2.04. The van der Waals surface area contributed by atoms with Gasteiger partial charge in [-0.1, -0.05) is 0 Å². The average Bonchev–Trinajstić information content (AvgIpc) is 2.62. The van der Waals surface area contributed by atoms with Crippen LogP contribution in [0, 0.1) is 0 Å². The Labute approximate surface area is 61.7 Å². The average molecular weight is 144 g/mol. The van der Waals surface area contributed by atoms with E-state index in [1.165, 1.54) is 0 Å². The van der Waals surface area contributed by atoms with Gasteiger partial charge in [0.1, 0.15) is 0 Å². The van der Waals surface area contributed by atoms with Crippen molar-refractivity contribution in [1.29, 1.82) is 0 Å². The summed E-state index contributed by atoms with van der Waals surface area (Å²) in [7, 11) is 0. The Morgan fingerprint density at radius 1 is 1.60 bits per heavy atom. The van der Waals surface area contributed by atoms with Gasteiger partial charge in [0.15, 0.2) is 0 Å². The molecule has 0 amide bonds. The highest BCUT2D eigenvalue weighted by molar-refractivity contribution is 4.89. The second kappa shape index (κ2) is 3.32. The molecule has 10 heavy (non-hydrogen) atoms. The molecule has 0 aliphatic carbocycles. The molecule has 0 aromatic carbocycles. The lowest BCUT2D eigenvalue weighted by molar-refractivity contribution is 0.345. The summed E-state index contributed by atoms with van der Waals surface area (Å²) in [6.45, 7) is 2.78. The topological polar surface area (TPSA) is 64.6 Å². The summed E-state index contributed by atoms with van der Waals surface area (Å²) in [5.41, 5.74) is 11.1. The number of rotatable bonds is 4. The van der Waals surface area contributed by atoms with Crippen molar-refractivity contribution in [2.75, 3.05) is 6.54 Å². The van der Waals surface area contributed by atoms with Crippen LogP contribution < -0.4 is 11.5 Å². The molecule has 1 fully saturated rings. The maximum atomic E-state index is 5.77. The monoisotopic (exact) mass is 144 g/mol. The third kappa shape index (κ3) is 1.94. The van der Waals surface area contributed by atoms with Crippen LogP contribution in [-0.4, -0.2) is 24.8 Å². The summed E-state index contributed by atoms with van der Waals surface area (Å²) in [5, 5.41) is 0. The first-order valence-corrected chi connectivity index (χ1v) is 3.87. The fourth-order valence-corrected chi connectivity index (χ4v) is 1.17. The lowest BCUT2D eigenvalue weighted by atomic mass is 10.1. The van der Waals surface area contributed by atoms with Gasteiger partial charge in [0.05, 0.1) is 12.2 Å². The van der Waals surface area contributed by atoms with Crippen molar-refractivity contribution in [2.45, 2.75) is 38.0 Å². The van der Waals surface area contributed by atoms with Gasteiger partial charge in [0, 0.05) is 6.04 Å². The standard InChI is InChI=1S/C7H16N2O/c1-5-7(10-5)6(9)3-2-4-8/h5-7H,2-4,8-9H2,1H3/t5?,6-,7?/m0/s1. The first kappa shape index (κ1) is 7.98. The molecule has 1 aliphatic rings. The van der Waals surface area contributed by atoms with Crippen LogP contribution in [-0.2, 0) is 4.74 Å². The summed E-state index contributed by atoms with van der Waals surface area (Å²) in [6, 6.07) is 0.207. The van der Waals surface area contributed by atoms with Crippen LogP contribution in [0.1, 0.15) is 19.8 Å². The Kier molecular flexibility index (Phi) is 2.65. The van der Waals surface area contributed by atoms with Crippen molar-refractivity contribution < 1.29 is 4.74 Å². The van der Waals surface area contributed by atoms with Gasteiger partial charge in [-0.25, -0.2) is 0 Å². The van der Waals surface area contributed by atoms with E-state index in [1.807, 2.05) is 6.92 Å². The van der Waals surface area contributed by atoms with Crippen LogP contribution in [0.3, 0.4) is 0 Å². The van der Waals surface area contributed by atoms with Crippen LogP contribution in [0.15, 0.2) is 0 Å². The smallest absolute Gasteiger partial charge is 0.0989 e. The fraction of sp³-hybridized carbons (Fsp3) is 1.00. The maximum absolute atomic E-state index is 5.77. The van der Waals surface area contributed by atoms with Gasteiger partial charge >= 0.3 is 0 Å². The van der Waals surface area contributed by atoms with Gasteiger partial charge in [-0.2, -0.15) is 0 Å². The molecule has 0 bridgehead atoms. The summed E-state index contributed by atoms with van der Waals surface area (Å²) in [4.78, 5) is 0. The molecule has 0 saturated carbocycles. The minimum atomic E-state index is 0.207. The highest BCUT2D eigenvalue weighted by Gasteiger charge is 2.38. The normalized spacial score (nSPS) is 33.9. The Hall–Kier alpha value is -0.120. The van der Waals surface area contributed by atoms with Crippen LogP contribution >= 0.6 is 0 Å². The molecule has 3 atom stereocenters. The number of nitrogens with two attached hydrogens (primary N) is 2. The molecule has 3 nitrogen and oxygen atoms in total. The van der Waals surface area contributed by atoms with Crippen LogP contribution in [0.25, 0.3) is 0 Å². The van der Waals surface area contributed by atoms with Gasteiger partial charge in [-0.15, -0.1) is 0 Å². The summed E-state index contributed by atoms with van der Waals surface area (Å²) < 4.78 is 5.21. The van der Waals surface area contributed by atoms with Crippen molar-refractivity contribution in [3.8, 4) is 0 Å². The zero-order chi connectivity index (χ0) is 7.56. The van der Waals surface area contributed by atoms with Gasteiger partial charge < -0.3 is 16.2 Å². The first-order valence-electron chi connectivity index (χ1n) is 3.87. The van der Waals surface area contributed by atoms with Crippen molar-refractivity contribution in [2.24, 2.45) is 11.5 Å². The van der Waals surface area contributed by atoms with Gasteiger partial charge in [-0.05, 0) is 26.3 Å². The second-order valence-corrected chi connectivity index (χ2v) is 2.90. The first-order chi connectivity index (χ1) is 4.75. The van der Waals surface area contributed by atoms with Gasteiger partial charge in [0.25, 0.3) is 0 Å². The van der Waals surface area contributed by atoms with Crippen molar-refractivity contribution in [1.82, 2.24) is 0 Å². The molecule has 1 aliphatic heterocycles. The van der Waals surface area contributed by atoms with E-state index in [-0.39, 0.29) is 6.04 Å². The van der Waals surface area contributed by atoms with E-state index in [4.69, 9.17) is 16.2 Å². The molecule has 4 N–H and O–H groups in total. The number of hydrogen-bond acceptors (Lipinski definition) is 3. The molecular formula is C7H16N2O. The lowest BCUT2D eigenvalue weighted by Crippen LogP contribution is -2.28. The molecule has 1 saturated heterocycles. The zero-order valence-electron chi connectivity index (χ0n) is 6.42. The summed E-state index contributed by atoms with van der Waals surface area (Å²) >= 11 is 0. The minimum Gasteiger partial charge on any atom is -0.368 e. The zero-order valence-corrected chi connectivity index (χ0v) is 6.42. The van der Waals surface area contributed by atoms with Crippen molar-refractivity contribution in [3.05, 3.63) is 0 Å². The summed E-state index contributed by atoms with van der Waals surface area (Å²) in [6.07, 6.45) is 2.69. The Bertz CT molecular complexity index is 108. The van der Waals surface area contributed by atoms with E-state index in [2.05, 4.69) is 0 Å². The van der Waals surface area contributed by atoms with Crippen LogP contribution in [0.2, 0.25) is 0 Å². The highest BCUT2D eigenvalue weighted by Crippen LogP contribution is 2.25. The molecule has 60 valence electrons. The van der Waals surface area contributed by atoms with E-state index in [0.29, 0.717) is 12.2 Å².